The summed E-state index contributed by atoms with van der Waals surface area (Å²) in [6.45, 7) is 5.87. The fourth-order valence-electron chi connectivity index (χ4n) is 21.6. The Kier molecular flexibility index (Phi) is 19.4. The Labute approximate surface area is 574 Å². The normalized spacial score (nSPS) is 37.6. The van der Waals surface area contributed by atoms with E-state index in [4.69, 9.17) is 29.7 Å². The van der Waals surface area contributed by atoms with Crippen LogP contribution in [-0.4, -0.2) is 135 Å². The van der Waals surface area contributed by atoms with Gasteiger partial charge in [-0.25, -0.2) is 4.99 Å². The number of aliphatic hydroxyl groups excluding tert-OH is 5. The van der Waals surface area contributed by atoms with Gasteiger partial charge in [-0.1, -0.05) is 95.9 Å². The minimum absolute atomic E-state index is 0.0135. The number of allylic oxidation sites excluding steroid dienone is 1. The molecule has 0 radical (unpaired) electrons. The topological polar surface area (TPSA) is 270 Å². The number of aryl methyl sites for hydroxylation is 2. The minimum Gasteiger partial charge on any atom is -0.508 e. The van der Waals surface area contributed by atoms with E-state index < -0.39 is 54.3 Å². The van der Waals surface area contributed by atoms with Gasteiger partial charge in [-0.05, 0) is 208 Å². The molecule has 0 aromatic heterocycles. The first-order valence-electron chi connectivity index (χ1n) is 35.9. The molecule has 15 rings (SSSR count). The second-order valence-electron chi connectivity index (χ2n) is 31.3. The number of ketones is 1. The molecular weight excluding hydrogens is 1250 g/mol. The zero-order valence-corrected chi connectivity index (χ0v) is 58.0. The van der Waals surface area contributed by atoms with Gasteiger partial charge in [-0.15, -0.1) is 0 Å². The summed E-state index contributed by atoms with van der Waals surface area (Å²) in [5.74, 6) is 18.0. The molecule has 0 saturated heterocycles. The summed E-state index contributed by atoms with van der Waals surface area (Å²) in [7, 11) is 5.28. The van der Waals surface area contributed by atoms with Crippen LogP contribution < -0.4 is 35.9 Å². The van der Waals surface area contributed by atoms with E-state index >= 15 is 0 Å². The van der Waals surface area contributed by atoms with Crippen LogP contribution in [0.2, 0.25) is 0 Å². The van der Waals surface area contributed by atoms with E-state index in [2.05, 4.69) is 77.8 Å². The molecule has 518 valence electrons. The van der Waals surface area contributed by atoms with Gasteiger partial charge in [0.25, 0.3) is 0 Å². The predicted octanol–water partition coefficient (Wildman–Crippen LogP) is 9.09. The second-order valence-corrected chi connectivity index (χ2v) is 33.9. The first-order chi connectivity index (χ1) is 46.3. The van der Waals surface area contributed by atoms with Crippen molar-refractivity contribution in [1.82, 2.24) is 16.0 Å². The Balaban J connectivity index is 0.970. The average Bonchev–Trinajstić information content (AvgIpc) is 1.46. The molecule has 0 amide bonds. The maximum Gasteiger partial charge on any atom is 0.201 e. The van der Waals surface area contributed by atoms with Gasteiger partial charge in [0.15, 0.2) is 35.8 Å². The van der Waals surface area contributed by atoms with Gasteiger partial charge in [-0.2, -0.15) is 0 Å². The molecule has 19 atom stereocenters. The Morgan fingerprint density at radius 1 is 0.875 bits per heavy atom. The summed E-state index contributed by atoms with van der Waals surface area (Å²) in [5, 5.41) is 91.1. The minimum atomic E-state index is -1.31. The smallest absolute Gasteiger partial charge is 0.201 e. The number of nitrogens with two attached hydrogens (primary N) is 1. The fourth-order valence-corrected chi connectivity index (χ4v) is 24.5. The van der Waals surface area contributed by atoms with Gasteiger partial charge in [0, 0.05) is 79.0 Å². The molecule has 19 heteroatoms. The van der Waals surface area contributed by atoms with E-state index in [-0.39, 0.29) is 126 Å². The number of benzene rings is 3. The second kappa shape index (κ2) is 27.4. The number of hydrogen-bond acceptors (Lipinski definition) is 19. The third-order valence-corrected chi connectivity index (χ3v) is 28.4. The number of aliphatic hydroxyl groups is 5. The van der Waals surface area contributed by atoms with Crippen molar-refractivity contribution in [2.75, 3.05) is 45.3 Å². The molecular formula is C77H101N5O12S2. The van der Waals surface area contributed by atoms with Gasteiger partial charge in [0.1, 0.15) is 18.3 Å². The molecule has 12 aliphatic rings. The molecule has 5 spiro atoms. The summed E-state index contributed by atoms with van der Waals surface area (Å²) in [6, 6.07) is 10.7. The number of hydrogen-bond donors (Lipinski definition) is 11. The summed E-state index contributed by atoms with van der Waals surface area (Å²) in [6.07, 6.45) is 17.5. The number of phenols is 2. The fraction of sp³-hybridized carbons (Fsp3) is 0.662. The van der Waals surface area contributed by atoms with Crippen molar-refractivity contribution < 1.29 is 59.5 Å². The zero-order valence-electron chi connectivity index (χ0n) is 56.4. The number of rotatable bonds is 9. The summed E-state index contributed by atoms with van der Waals surface area (Å²) in [5.41, 5.74) is 11.4. The lowest BCUT2D eigenvalue weighted by molar-refractivity contribution is -0.154. The van der Waals surface area contributed by atoms with E-state index in [0.717, 1.165) is 80.2 Å². The van der Waals surface area contributed by atoms with Crippen molar-refractivity contribution in [2.45, 2.75) is 204 Å². The lowest BCUT2D eigenvalue weighted by Gasteiger charge is -2.67. The molecule has 17 nitrogen and oxygen atoms in total. The molecule has 5 fully saturated rings. The number of fused-ring (bicyclic) bond motifs is 8. The summed E-state index contributed by atoms with van der Waals surface area (Å²) >= 11 is 0. The Hall–Kier alpha value is -5.16. The van der Waals surface area contributed by atoms with Crippen LogP contribution in [0.4, 0.5) is 0 Å². The molecule has 5 saturated carbocycles. The number of nitrogens with zero attached hydrogens (tertiary/aromatic N) is 1. The van der Waals surface area contributed by atoms with Crippen molar-refractivity contribution >= 4 is 33.3 Å². The summed E-state index contributed by atoms with van der Waals surface area (Å²) in [4.78, 5) is 18.9. The van der Waals surface area contributed by atoms with E-state index in [1.54, 1.807) is 34.8 Å². The third kappa shape index (κ3) is 12.2. The van der Waals surface area contributed by atoms with Crippen LogP contribution in [0.25, 0.3) is 0 Å². The van der Waals surface area contributed by atoms with Crippen LogP contribution in [0.1, 0.15) is 168 Å². The monoisotopic (exact) mass is 1350 g/mol. The number of aromatic hydroxyl groups is 2. The van der Waals surface area contributed by atoms with E-state index in [0.29, 0.717) is 77.5 Å². The third-order valence-electron chi connectivity index (χ3n) is 25.9. The molecule has 96 heavy (non-hydrogen) atoms. The van der Waals surface area contributed by atoms with Crippen molar-refractivity contribution in [3.63, 3.8) is 0 Å². The van der Waals surface area contributed by atoms with E-state index in [9.17, 15) is 40.5 Å². The van der Waals surface area contributed by atoms with Crippen LogP contribution in [-0.2, 0) is 41.6 Å². The number of Topliss-reactive ketones (excluding diaryl/α,β-unsaturated/α-hetero) is 1. The van der Waals surface area contributed by atoms with Crippen LogP contribution in [0.3, 0.4) is 0 Å². The van der Waals surface area contributed by atoms with Gasteiger partial charge in [0.05, 0.1) is 48.0 Å². The zero-order chi connectivity index (χ0) is 66.9. The molecule has 8 aliphatic carbocycles. The van der Waals surface area contributed by atoms with Crippen molar-refractivity contribution in [1.29, 1.82) is 0 Å². The molecule has 3 aromatic rings. The highest BCUT2D eigenvalue weighted by atomic mass is 33.1. The number of phenolic OH excluding ortho intramolecular Hbond substituents is 2. The highest BCUT2D eigenvalue weighted by Gasteiger charge is 2.76. The molecule has 4 aliphatic heterocycles. The number of methoxy groups -OCH3 is 1. The first kappa shape index (κ1) is 68.0. The maximum absolute atomic E-state index is 13.7. The Morgan fingerprint density at radius 2 is 1.70 bits per heavy atom. The SMILES string of the molecule is CO[C@H](CO)[C@H]1C[C@H]2C[C@@H]3CC[C@@H]4CCC[C@@]45C[C@@]4(CC[C@@H](NC[C@H](C)O)c6cc(O)ccc6C4)C[C@@]35C[C@]23NCOc2c4cc(c5c2O[C@@H](O)[C@@H](C5)[C@H]2CSSC[C@@H](C(C)C)N=C(N)N[C@H]2C#C[C@]32C=C[C@H]1C2)CC[C@@H](O)CC(=O)CCc1ccc(O)c(OCO)c1C#CC4. The standard InChI is InChI=1S/C77H101N5O12S2/c1-44(2)65-38-96-95-37-62-61-32-60-47-11-17-55(87)30-54(86)16-10-46-13-19-66(89)69(93-43-84)57(46)9-5-7-48(27-47)68(70(60)94-71(61)90)92-42-80-77-41-76-40-73(24-21-63(79-35-45(3)85)58-31-56(88)18-12-49(58)33-73)39-75(76)23-6-8-51(75)14-15-52(76)28-53(77)29-59(67(36-83)91-4)50-20-25-74(77,34-50)26-22-64(62)81-72(78)82-65/h12-13,18-20,25,27,31,44-45,50-53,55,59,61-65,67,71,79-80,83-85,87-90H,6-8,10-11,14-17,21,23-24,28-30,32-43H2,1-4H3,(H3,78,81,82)/t45-,50-,51-,52-,53+,55+,59-,61-,62+,63+,64-,65-,67+,71+,73-,74-,75+,76+,77-/m0/s1. The lowest BCUT2D eigenvalue weighted by Crippen LogP contribution is -2.70. The highest BCUT2D eigenvalue weighted by Crippen LogP contribution is 2.81. The molecule has 8 bridgehead atoms. The number of ether oxygens (including phenoxy) is 4. The van der Waals surface area contributed by atoms with Gasteiger partial charge in [0.2, 0.25) is 6.29 Å². The van der Waals surface area contributed by atoms with Gasteiger partial charge < -0.3 is 71.1 Å². The van der Waals surface area contributed by atoms with Crippen molar-refractivity contribution in [2.24, 2.45) is 79.7 Å². The predicted molar refractivity (Wildman–Crippen MR) is 372 cm³/mol. The summed E-state index contributed by atoms with van der Waals surface area (Å²) < 4.78 is 26.6. The Morgan fingerprint density at radius 3 is 2.51 bits per heavy atom. The average molecular weight is 1350 g/mol. The quantitative estimate of drug-likeness (QED) is 0.0413. The Bertz CT molecular complexity index is 3620. The van der Waals surface area contributed by atoms with Gasteiger partial charge >= 0.3 is 0 Å². The van der Waals surface area contributed by atoms with Crippen LogP contribution in [0.5, 0.6) is 28.7 Å². The number of nitrogens with one attached hydrogen (secondary N) is 3. The first-order valence-corrected chi connectivity index (χ1v) is 38.4. The van der Waals surface area contributed by atoms with E-state index in [1.807, 2.05) is 19.1 Å². The van der Waals surface area contributed by atoms with Gasteiger partial charge in [-0.3, -0.25) is 10.1 Å². The number of carbonyl (C=O) groups excluding carboxylic acids is 1. The van der Waals surface area contributed by atoms with E-state index in [1.165, 1.54) is 37.3 Å². The van der Waals surface area contributed by atoms with Crippen LogP contribution >= 0.6 is 21.6 Å². The lowest BCUT2D eigenvalue weighted by atomic mass is 9.39. The van der Waals surface area contributed by atoms with Crippen molar-refractivity contribution in [3.05, 3.63) is 87.5 Å². The van der Waals surface area contributed by atoms with Crippen molar-refractivity contribution in [3.8, 4) is 52.4 Å². The van der Waals surface area contributed by atoms with Crippen LogP contribution in [0, 0.1) is 92.7 Å². The number of carbonyl (C=O) groups is 1. The number of aliphatic imine (C=N–C) groups is 1. The highest BCUT2D eigenvalue weighted by molar-refractivity contribution is 8.76. The molecule has 4 heterocycles. The maximum atomic E-state index is 13.7. The largest absolute Gasteiger partial charge is 0.508 e. The molecule has 0 unspecified atom stereocenters. The number of guanidine groups is 1. The van der Waals surface area contributed by atoms with Crippen LogP contribution in [0.15, 0.2) is 53.5 Å². The molecule has 3 aromatic carbocycles. The molecule has 12 N–H and O–H groups in total.